The number of imide groups is 1. The second kappa shape index (κ2) is 7.19. The van der Waals surface area contributed by atoms with Gasteiger partial charge in [0.15, 0.2) is 0 Å². The van der Waals surface area contributed by atoms with Crippen molar-refractivity contribution in [2.45, 2.75) is 32.9 Å². The smallest absolute Gasteiger partial charge is 0.318 e. The lowest BCUT2D eigenvalue weighted by molar-refractivity contribution is -0.122. The standard InChI is InChI=1S/C10H21N3O3/c1-6(2)8(5-16-4)12-7(3)9(14)13-10(11)15/h6-8,12H,5H2,1-4H3,(H3,11,13,14,15). The van der Waals surface area contributed by atoms with E-state index in [0.29, 0.717) is 12.5 Å². The molecule has 0 bridgehead atoms. The summed E-state index contributed by atoms with van der Waals surface area (Å²) < 4.78 is 5.04. The highest BCUT2D eigenvalue weighted by molar-refractivity contribution is 5.96. The van der Waals surface area contributed by atoms with Crippen LogP contribution in [0.25, 0.3) is 0 Å². The van der Waals surface area contributed by atoms with Crippen LogP contribution >= 0.6 is 0 Å². The van der Waals surface area contributed by atoms with Crippen molar-refractivity contribution in [2.75, 3.05) is 13.7 Å². The molecular formula is C10H21N3O3. The fraction of sp³-hybridized carbons (Fsp3) is 0.800. The van der Waals surface area contributed by atoms with Crippen molar-refractivity contribution in [1.82, 2.24) is 10.6 Å². The van der Waals surface area contributed by atoms with Crippen LogP contribution in [-0.4, -0.2) is 37.7 Å². The minimum Gasteiger partial charge on any atom is -0.383 e. The molecule has 0 aliphatic heterocycles. The van der Waals surface area contributed by atoms with Gasteiger partial charge in [-0.2, -0.15) is 0 Å². The number of urea groups is 1. The Balaban J connectivity index is 4.22. The second-order valence-electron chi connectivity index (χ2n) is 4.05. The molecule has 0 aliphatic rings. The van der Waals surface area contributed by atoms with Crippen LogP contribution in [0.5, 0.6) is 0 Å². The number of amides is 3. The fourth-order valence-electron chi connectivity index (χ4n) is 1.24. The molecule has 0 radical (unpaired) electrons. The van der Waals surface area contributed by atoms with E-state index in [4.69, 9.17) is 10.5 Å². The molecule has 0 saturated carbocycles. The Labute approximate surface area is 95.9 Å². The van der Waals surface area contributed by atoms with E-state index in [1.807, 2.05) is 19.2 Å². The van der Waals surface area contributed by atoms with Gasteiger partial charge in [0.1, 0.15) is 0 Å². The Morgan fingerprint density at radius 2 is 1.88 bits per heavy atom. The quantitative estimate of drug-likeness (QED) is 0.591. The van der Waals surface area contributed by atoms with Crippen LogP contribution in [0, 0.1) is 5.92 Å². The van der Waals surface area contributed by atoms with E-state index in [1.54, 1.807) is 14.0 Å². The third-order valence-electron chi connectivity index (χ3n) is 2.25. The summed E-state index contributed by atoms with van der Waals surface area (Å²) in [5.74, 6) is -0.113. The molecule has 0 fully saturated rings. The van der Waals surface area contributed by atoms with Gasteiger partial charge in [-0.1, -0.05) is 13.8 Å². The highest BCUT2D eigenvalue weighted by Gasteiger charge is 2.20. The SMILES string of the molecule is COCC(NC(C)C(=O)NC(N)=O)C(C)C. The van der Waals surface area contributed by atoms with Gasteiger partial charge in [0.05, 0.1) is 12.6 Å². The predicted octanol–water partition coefficient (Wildman–Crippen LogP) is -0.170. The van der Waals surface area contributed by atoms with Crippen molar-refractivity contribution in [3.8, 4) is 0 Å². The zero-order chi connectivity index (χ0) is 12.7. The topological polar surface area (TPSA) is 93.4 Å². The monoisotopic (exact) mass is 231 g/mol. The summed E-state index contributed by atoms with van der Waals surface area (Å²) in [4.78, 5) is 21.9. The third kappa shape index (κ3) is 5.67. The Hall–Kier alpha value is -1.14. The van der Waals surface area contributed by atoms with Gasteiger partial charge < -0.3 is 15.8 Å². The van der Waals surface area contributed by atoms with E-state index in [-0.39, 0.29) is 6.04 Å². The average molecular weight is 231 g/mol. The number of primary amides is 1. The number of hydrogen-bond donors (Lipinski definition) is 3. The first-order valence-corrected chi connectivity index (χ1v) is 5.23. The van der Waals surface area contributed by atoms with Crippen LogP contribution in [-0.2, 0) is 9.53 Å². The van der Waals surface area contributed by atoms with Crippen molar-refractivity contribution < 1.29 is 14.3 Å². The number of rotatable bonds is 6. The molecule has 2 atom stereocenters. The van der Waals surface area contributed by atoms with Gasteiger partial charge in [-0.15, -0.1) is 0 Å². The Morgan fingerprint density at radius 1 is 1.31 bits per heavy atom. The molecule has 6 nitrogen and oxygen atoms in total. The third-order valence-corrected chi connectivity index (χ3v) is 2.25. The molecule has 0 rings (SSSR count). The molecule has 0 aliphatic carbocycles. The Morgan fingerprint density at radius 3 is 2.25 bits per heavy atom. The van der Waals surface area contributed by atoms with Gasteiger partial charge in [0, 0.05) is 13.2 Å². The maximum Gasteiger partial charge on any atom is 0.318 e. The summed E-state index contributed by atoms with van der Waals surface area (Å²) in [7, 11) is 1.60. The van der Waals surface area contributed by atoms with Crippen LogP contribution in [0.4, 0.5) is 4.79 Å². The largest absolute Gasteiger partial charge is 0.383 e. The summed E-state index contributed by atoms with van der Waals surface area (Å²) in [5, 5.41) is 5.10. The second-order valence-corrected chi connectivity index (χ2v) is 4.05. The highest BCUT2D eigenvalue weighted by atomic mass is 16.5. The molecule has 2 unspecified atom stereocenters. The lowest BCUT2D eigenvalue weighted by atomic mass is 10.0. The fourth-order valence-corrected chi connectivity index (χ4v) is 1.24. The Kier molecular flexibility index (Phi) is 6.67. The molecule has 0 heterocycles. The summed E-state index contributed by atoms with van der Waals surface area (Å²) >= 11 is 0. The number of nitrogens with one attached hydrogen (secondary N) is 2. The molecule has 4 N–H and O–H groups in total. The van der Waals surface area contributed by atoms with Crippen molar-refractivity contribution >= 4 is 11.9 Å². The van der Waals surface area contributed by atoms with Crippen LogP contribution < -0.4 is 16.4 Å². The molecule has 6 heteroatoms. The maximum atomic E-state index is 11.4. The van der Waals surface area contributed by atoms with Crippen molar-refractivity contribution in [2.24, 2.45) is 11.7 Å². The number of carbonyl (C=O) groups excluding carboxylic acids is 2. The normalized spacial score (nSPS) is 14.6. The zero-order valence-electron chi connectivity index (χ0n) is 10.2. The van der Waals surface area contributed by atoms with Gasteiger partial charge >= 0.3 is 6.03 Å². The van der Waals surface area contributed by atoms with Gasteiger partial charge in [0.25, 0.3) is 0 Å². The molecule has 0 aromatic carbocycles. The average Bonchev–Trinajstić information content (AvgIpc) is 2.15. The van der Waals surface area contributed by atoms with Crippen molar-refractivity contribution in [3.63, 3.8) is 0 Å². The van der Waals surface area contributed by atoms with E-state index in [9.17, 15) is 9.59 Å². The minimum atomic E-state index is -0.841. The molecular weight excluding hydrogens is 210 g/mol. The van der Waals surface area contributed by atoms with Gasteiger partial charge in [-0.05, 0) is 12.8 Å². The summed E-state index contributed by atoms with van der Waals surface area (Å²) in [6.07, 6.45) is 0. The van der Waals surface area contributed by atoms with E-state index in [2.05, 4.69) is 5.32 Å². The summed E-state index contributed by atoms with van der Waals surface area (Å²) in [5.41, 5.74) is 4.86. The van der Waals surface area contributed by atoms with Crippen LogP contribution in [0.3, 0.4) is 0 Å². The van der Waals surface area contributed by atoms with Crippen molar-refractivity contribution in [1.29, 1.82) is 0 Å². The lowest BCUT2D eigenvalue weighted by Gasteiger charge is -2.24. The maximum absolute atomic E-state index is 11.4. The summed E-state index contributed by atoms with van der Waals surface area (Å²) in [6, 6.07) is -1.28. The van der Waals surface area contributed by atoms with E-state index in [1.165, 1.54) is 0 Å². The Bertz CT molecular complexity index is 243. The molecule has 0 aromatic heterocycles. The predicted molar refractivity (Wildman–Crippen MR) is 60.8 cm³/mol. The first-order chi connectivity index (χ1) is 7.38. The zero-order valence-corrected chi connectivity index (χ0v) is 10.2. The van der Waals surface area contributed by atoms with E-state index in [0.717, 1.165) is 0 Å². The van der Waals surface area contributed by atoms with Gasteiger partial charge in [0.2, 0.25) is 5.91 Å². The van der Waals surface area contributed by atoms with E-state index < -0.39 is 18.0 Å². The molecule has 0 spiro atoms. The van der Waals surface area contributed by atoms with Crippen LogP contribution in [0.1, 0.15) is 20.8 Å². The molecule has 94 valence electrons. The van der Waals surface area contributed by atoms with Crippen LogP contribution in [0.2, 0.25) is 0 Å². The first kappa shape index (κ1) is 14.9. The van der Waals surface area contributed by atoms with Gasteiger partial charge in [-0.3, -0.25) is 10.1 Å². The summed E-state index contributed by atoms with van der Waals surface area (Å²) in [6.45, 7) is 6.22. The number of methoxy groups -OCH3 is 1. The minimum absolute atomic E-state index is 0.0543. The molecule has 0 aromatic rings. The number of carbonyl (C=O) groups is 2. The number of hydrogen-bond acceptors (Lipinski definition) is 4. The van der Waals surface area contributed by atoms with Crippen LogP contribution in [0.15, 0.2) is 0 Å². The number of ether oxygens (including phenoxy) is 1. The van der Waals surface area contributed by atoms with Gasteiger partial charge in [-0.25, -0.2) is 4.79 Å². The van der Waals surface area contributed by atoms with Crippen molar-refractivity contribution in [3.05, 3.63) is 0 Å². The lowest BCUT2D eigenvalue weighted by Crippen LogP contribution is -2.51. The molecule has 3 amide bonds. The highest BCUT2D eigenvalue weighted by Crippen LogP contribution is 2.03. The molecule has 0 saturated heterocycles. The molecule has 16 heavy (non-hydrogen) atoms. The van der Waals surface area contributed by atoms with E-state index >= 15 is 0 Å². The number of nitrogens with two attached hydrogens (primary N) is 1. The first-order valence-electron chi connectivity index (χ1n) is 5.23.